The van der Waals surface area contributed by atoms with Crippen molar-refractivity contribution in [2.75, 3.05) is 0 Å². The van der Waals surface area contributed by atoms with E-state index in [2.05, 4.69) is 165 Å². The van der Waals surface area contributed by atoms with Crippen LogP contribution in [0.1, 0.15) is 58.0 Å². The fourth-order valence-corrected chi connectivity index (χ4v) is 9.11. The molecule has 0 saturated heterocycles. The summed E-state index contributed by atoms with van der Waals surface area (Å²) in [6.07, 6.45) is 9.52. The van der Waals surface area contributed by atoms with Crippen LogP contribution in [0.15, 0.2) is 234 Å². The highest BCUT2D eigenvalue weighted by Gasteiger charge is 2.50. The van der Waals surface area contributed by atoms with Gasteiger partial charge in [-0.2, -0.15) is 0 Å². The fourth-order valence-electron chi connectivity index (χ4n) is 9.11. The van der Waals surface area contributed by atoms with Crippen LogP contribution >= 0.6 is 0 Å². The van der Waals surface area contributed by atoms with Gasteiger partial charge in [0.05, 0.1) is 22.5 Å². The van der Waals surface area contributed by atoms with Gasteiger partial charge in [0.2, 0.25) is 0 Å². The molecule has 0 fully saturated rings. The van der Waals surface area contributed by atoms with E-state index in [0.29, 0.717) is 5.84 Å². The summed E-state index contributed by atoms with van der Waals surface area (Å²) in [5.74, 6) is 0.655. The van der Waals surface area contributed by atoms with E-state index in [-0.39, 0.29) is 5.41 Å². The Bertz CT molecular complexity index is 2830. The first-order valence-corrected chi connectivity index (χ1v) is 19.9. The van der Waals surface area contributed by atoms with Crippen molar-refractivity contribution in [3.05, 3.63) is 269 Å². The van der Waals surface area contributed by atoms with Crippen molar-refractivity contribution in [3.63, 3.8) is 0 Å². The number of aliphatic imine (C=N–C) groups is 2. The lowest BCUT2D eigenvalue weighted by atomic mass is 9.62. The summed E-state index contributed by atoms with van der Waals surface area (Å²) in [5, 5.41) is 0. The van der Waals surface area contributed by atoms with Crippen molar-refractivity contribution in [2.45, 2.75) is 24.2 Å². The molecule has 7 aromatic rings. The third kappa shape index (κ3) is 5.95. The quantitative estimate of drug-likeness (QED) is 0.160. The molecule has 0 radical (unpaired) electrons. The van der Waals surface area contributed by atoms with Crippen LogP contribution in [-0.2, 0) is 10.8 Å². The molecule has 2 unspecified atom stereocenters. The van der Waals surface area contributed by atoms with Crippen LogP contribution in [0, 0.1) is 0 Å². The van der Waals surface area contributed by atoms with Crippen molar-refractivity contribution in [2.24, 2.45) is 9.98 Å². The van der Waals surface area contributed by atoms with Gasteiger partial charge in [-0.1, -0.05) is 196 Å². The average Bonchev–Trinajstić information content (AvgIpc) is 3.45. The Labute approximate surface area is 340 Å². The molecule has 0 saturated carbocycles. The third-order valence-corrected chi connectivity index (χ3v) is 12.0. The van der Waals surface area contributed by atoms with Crippen molar-refractivity contribution in [3.8, 4) is 11.1 Å². The minimum absolute atomic E-state index is 0.248. The lowest BCUT2D eigenvalue weighted by Crippen LogP contribution is -2.34. The number of hydrogen-bond donors (Lipinski definition) is 0. The van der Waals surface area contributed by atoms with Crippen LogP contribution in [0.4, 0.5) is 0 Å². The van der Waals surface area contributed by atoms with Crippen LogP contribution < -0.4 is 0 Å². The summed E-state index contributed by atoms with van der Waals surface area (Å²) >= 11 is 0. The van der Waals surface area contributed by atoms with Gasteiger partial charge >= 0.3 is 0 Å². The molecule has 58 heavy (non-hydrogen) atoms. The van der Waals surface area contributed by atoms with Gasteiger partial charge in [-0.25, -0.2) is 9.98 Å². The minimum Gasteiger partial charge on any atom is -0.260 e. The molecule has 276 valence electrons. The van der Waals surface area contributed by atoms with Gasteiger partial charge in [-0.3, -0.25) is 4.98 Å². The van der Waals surface area contributed by atoms with Crippen LogP contribution in [0.25, 0.3) is 22.4 Å². The topological polar surface area (TPSA) is 37.6 Å². The van der Waals surface area contributed by atoms with E-state index in [1.807, 2.05) is 54.7 Å². The lowest BCUT2D eigenvalue weighted by Gasteiger charge is -2.40. The molecule has 0 N–H and O–H groups in total. The number of amidine groups is 1. The predicted octanol–water partition coefficient (Wildman–Crippen LogP) is 12.6. The first-order valence-electron chi connectivity index (χ1n) is 19.9. The molecule has 3 heteroatoms. The molecule has 2 aliphatic carbocycles. The maximum Gasteiger partial charge on any atom is 0.160 e. The van der Waals surface area contributed by atoms with Crippen molar-refractivity contribution >= 4 is 22.8 Å². The van der Waals surface area contributed by atoms with Crippen LogP contribution in [0.3, 0.4) is 0 Å². The van der Waals surface area contributed by atoms with E-state index >= 15 is 0 Å². The number of fused-ring (bicyclic) bond motifs is 2. The highest BCUT2D eigenvalue weighted by molar-refractivity contribution is 6.22. The molecule has 2 atom stereocenters. The van der Waals surface area contributed by atoms with Gasteiger partial charge in [0, 0.05) is 28.3 Å². The monoisotopic (exact) mass is 743 g/mol. The average molecular weight is 744 g/mol. The number of allylic oxidation sites excluding steroid dienone is 6. The first kappa shape index (κ1) is 35.2. The Morgan fingerprint density at radius 2 is 1.12 bits per heavy atom. The van der Waals surface area contributed by atoms with E-state index in [9.17, 15) is 0 Å². The molecule has 1 aliphatic heterocycles. The number of pyridine rings is 1. The first-order chi connectivity index (χ1) is 28.5. The van der Waals surface area contributed by atoms with Crippen LogP contribution in [-0.4, -0.2) is 16.5 Å². The third-order valence-electron chi connectivity index (χ3n) is 12.0. The Morgan fingerprint density at radius 3 is 1.81 bits per heavy atom. The Hall–Kier alpha value is -7.23. The zero-order valence-electron chi connectivity index (χ0n) is 32.4. The Kier molecular flexibility index (Phi) is 8.72. The summed E-state index contributed by atoms with van der Waals surface area (Å²) < 4.78 is 0. The summed E-state index contributed by atoms with van der Waals surface area (Å²) in [5.41, 5.74) is 16.0. The highest BCUT2D eigenvalue weighted by Crippen LogP contribution is 2.59. The molecule has 10 rings (SSSR count). The number of rotatable bonds is 7. The van der Waals surface area contributed by atoms with Gasteiger partial charge in [-0.15, -0.1) is 0 Å². The molecule has 0 bridgehead atoms. The van der Waals surface area contributed by atoms with Crippen molar-refractivity contribution in [1.29, 1.82) is 0 Å². The summed E-state index contributed by atoms with van der Waals surface area (Å²) in [7, 11) is 0. The fraction of sp³-hybridized carbons (Fsp3) is 0.0727. The highest BCUT2D eigenvalue weighted by atomic mass is 14.9. The largest absolute Gasteiger partial charge is 0.260 e. The van der Waals surface area contributed by atoms with E-state index in [0.717, 1.165) is 56.9 Å². The van der Waals surface area contributed by atoms with Gasteiger partial charge < -0.3 is 0 Å². The van der Waals surface area contributed by atoms with Gasteiger partial charge in [0.15, 0.2) is 5.84 Å². The molecule has 3 aliphatic rings. The van der Waals surface area contributed by atoms with E-state index in [1.54, 1.807) is 0 Å². The minimum atomic E-state index is -0.462. The Morgan fingerprint density at radius 1 is 0.534 bits per heavy atom. The molecular weight excluding hydrogens is 703 g/mol. The standard InChI is InChI=1S/C55H41N3/c1-38-36-50(41-16-6-3-7-17-41)57-53(58-52(38)42-18-8-4-9-19-42)43-27-25-39(26-28-43)40-29-31-45(32-30-40)55(44-20-10-5-11-21-44)48-23-13-12-22-46(48)47-33-34-54(2,37-49(47)55)51-24-14-15-35-56-51/h3-36H,1,37H2,2H3. The number of aromatic nitrogens is 1. The van der Waals surface area contributed by atoms with E-state index in [4.69, 9.17) is 15.0 Å². The van der Waals surface area contributed by atoms with Gasteiger partial charge in [0.25, 0.3) is 0 Å². The van der Waals surface area contributed by atoms with E-state index < -0.39 is 5.41 Å². The SMILES string of the molecule is C=C1C=C(c2ccccc2)N=C(c2ccc(-c3ccc(C4(c5ccccc5)C5=C(C=CC(C)(c6ccccn6)C5)c5ccccc54)cc3)cc2)N=C1c1ccccc1. The molecular formula is C55H41N3. The van der Waals surface area contributed by atoms with Gasteiger partial charge in [0.1, 0.15) is 0 Å². The predicted molar refractivity (Wildman–Crippen MR) is 240 cm³/mol. The molecule has 6 aromatic carbocycles. The normalized spacial score (nSPS) is 19.7. The molecule has 0 spiro atoms. The maximum atomic E-state index is 5.15. The zero-order valence-corrected chi connectivity index (χ0v) is 32.4. The second-order valence-corrected chi connectivity index (χ2v) is 15.5. The zero-order chi connectivity index (χ0) is 39.1. The van der Waals surface area contributed by atoms with Crippen molar-refractivity contribution in [1.82, 2.24) is 4.98 Å². The molecule has 0 amide bonds. The second-order valence-electron chi connectivity index (χ2n) is 15.5. The van der Waals surface area contributed by atoms with Crippen LogP contribution in [0.2, 0.25) is 0 Å². The summed E-state index contributed by atoms with van der Waals surface area (Å²) in [6.45, 7) is 6.74. The molecule has 3 nitrogen and oxygen atoms in total. The smallest absolute Gasteiger partial charge is 0.160 e. The van der Waals surface area contributed by atoms with Gasteiger partial charge in [-0.05, 0) is 74.7 Å². The maximum absolute atomic E-state index is 5.15. The number of benzene rings is 6. The van der Waals surface area contributed by atoms with Crippen molar-refractivity contribution < 1.29 is 0 Å². The Balaban J connectivity index is 1.04. The second kappa shape index (κ2) is 14.4. The summed E-state index contributed by atoms with van der Waals surface area (Å²) in [4.78, 5) is 15.1. The summed E-state index contributed by atoms with van der Waals surface area (Å²) in [6, 6.07) is 64.6. The number of nitrogens with zero attached hydrogens (tertiary/aromatic N) is 3. The molecule has 2 heterocycles. The van der Waals surface area contributed by atoms with Crippen LogP contribution in [0.5, 0.6) is 0 Å². The molecule has 1 aromatic heterocycles. The number of hydrogen-bond acceptors (Lipinski definition) is 3. The van der Waals surface area contributed by atoms with E-state index in [1.165, 1.54) is 33.4 Å². The lowest BCUT2D eigenvalue weighted by molar-refractivity contribution is 0.529.